The minimum absolute atomic E-state index is 0.0216. The van der Waals surface area contributed by atoms with Gasteiger partial charge < -0.3 is 5.73 Å². The van der Waals surface area contributed by atoms with Gasteiger partial charge in [-0.15, -0.1) is 0 Å². The average molecular weight is 236 g/mol. The number of aryl methyl sites for hydroxylation is 1. The molecule has 4 heteroatoms. The van der Waals surface area contributed by atoms with Gasteiger partial charge in [0.1, 0.15) is 5.82 Å². The van der Waals surface area contributed by atoms with E-state index in [0.29, 0.717) is 5.92 Å². The summed E-state index contributed by atoms with van der Waals surface area (Å²) in [5.74, 6) is 2.47. The highest BCUT2D eigenvalue weighted by molar-refractivity contribution is 5.06. The van der Waals surface area contributed by atoms with Gasteiger partial charge in [-0.2, -0.15) is 5.10 Å². The summed E-state index contributed by atoms with van der Waals surface area (Å²) >= 11 is 0. The third-order valence-corrected chi connectivity index (χ3v) is 3.74. The van der Waals surface area contributed by atoms with Gasteiger partial charge in [0.2, 0.25) is 0 Å². The SMILES string of the molecule is Cn1nc(C2CCCC2)nc1C(N)C(C)(C)C. The third-order valence-electron chi connectivity index (χ3n) is 3.74. The summed E-state index contributed by atoms with van der Waals surface area (Å²) in [4.78, 5) is 4.69. The summed E-state index contributed by atoms with van der Waals surface area (Å²) in [5.41, 5.74) is 6.28. The largest absolute Gasteiger partial charge is 0.321 e. The summed E-state index contributed by atoms with van der Waals surface area (Å²) in [5, 5.41) is 4.55. The molecule has 0 spiro atoms. The zero-order valence-electron chi connectivity index (χ0n) is 11.4. The maximum atomic E-state index is 6.26. The fourth-order valence-corrected chi connectivity index (χ4v) is 2.43. The van der Waals surface area contributed by atoms with E-state index >= 15 is 0 Å². The Labute approximate surface area is 104 Å². The van der Waals surface area contributed by atoms with E-state index in [1.807, 2.05) is 11.7 Å². The van der Waals surface area contributed by atoms with Crippen LogP contribution in [0, 0.1) is 5.41 Å². The summed E-state index contributed by atoms with van der Waals surface area (Å²) < 4.78 is 1.86. The Balaban J connectivity index is 2.24. The Kier molecular flexibility index (Phi) is 3.25. The van der Waals surface area contributed by atoms with E-state index in [1.165, 1.54) is 25.7 Å². The van der Waals surface area contributed by atoms with Gasteiger partial charge >= 0.3 is 0 Å². The number of aromatic nitrogens is 3. The molecule has 0 amide bonds. The molecule has 1 aromatic rings. The molecule has 0 bridgehead atoms. The Morgan fingerprint density at radius 3 is 2.41 bits per heavy atom. The number of nitrogens with two attached hydrogens (primary N) is 1. The number of hydrogen-bond acceptors (Lipinski definition) is 3. The van der Waals surface area contributed by atoms with Crippen molar-refractivity contribution in [2.45, 2.75) is 58.4 Å². The topological polar surface area (TPSA) is 56.7 Å². The van der Waals surface area contributed by atoms with Crippen molar-refractivity contribution < 1.29 is 0 Å². The quantitative estimate of drug-likeness (QED) is 0.858. The molecule has 0 aromatic carbocycles. The molecule has 4 nitrogen and oxygen atoms in total. The van der Waals surface area contributed by atoms with Crippen molar-refractivity contribution in [2.75, 3.05) is 0 Å². The molecular formula is C13H24N4. The van der Waals surface area contributed by atoms with Crippen LogP contribution in [0.3, 0.4) is 0 Å². The van der Waals surface area contributed by atoms with Gasteiger partial charge in [0.25, 0.3) is 0 Å². The molecule has 1 fully saturated rings. The summed E-state index contributed by atoms with van der Waals surface area (Å²) in [6.45, 7) is 6.42. The maximum Gasteiger partial charge on any atom is 0.154 e. The van der Waals surface area contributed by atoms with Gasteiger partial charge in [0.05, 0.1) is 6.04 Å². The lowest BCUT2D eigenvalue weighted by Crippen LogP contribution is -2.29. The lowest BCUT2D eigenvalue weighted by Gasteiger charge is -2.25. The average Bonchev–Trinajstić information content (AvgIpc) is 2.83. The standard InChI is InChI=1S/C13H24N4/c1-13(2,3)10(14)12-15-11(16-17(12)4)9-7-5-6-8-9/h9-10H,5-8,14H2,1-4H3. The van der Waals surface area contributed by atoms with Crippen LogP contribution in [0.25, 0.3) is 0 Å². The highest BCUT2D eigenvalue weighted by atomic mass is 15.3. The molecule has 0 aliphatic heterocycles. The number of rotatable bonds is 2. The van der Waals surface area contributed by atoms with Crippen LogP contribution in [0.2, 0.25) is 0 Å². The molecule has 1 atom stereocenters. The van der Waals surface area contributed by atoms with Crippen LogP contribution < -0.4 is 5.73 Å². The predicted molar refractivity (Wildman–Crippen MR) is 68.6 cm³/mol. The molecule has 1 aliphatic carbocycles. The fraction of sp³-hybridized carbons (Fsp3) is 0.846. The van der Waals surface area contributed by atoms with Crippen molar-refractivity contribution in [3.05, 3.63) is 11.6 Å². The van der Waals surface area contributed by atoms with E-state index in [2.05, 4.69) is 30.9 Å². The van der Waals surface area contributed by atoms with Crippen molar-refractivity contribution in [3.63, 3.8) is 0 Å². The van der Waals surface area contributed by atoms with Crippen LogP contribution in [-0.4, -0.2) is 14.8 Å². The second-order valence-corrected chi connectivity index (χ2v) is 6.28. The Morgan fingerprint density at radius 2 is 1.88 bits per heavy atom. The molecule has 17 heavy (non-hydrogen) atoms. The number of hydrogen-bond donors (Lipinski definition) is 1. The highest BCUT2D eigenvalue weighted by Crippen LogP contribution is 2.34. The van der Waals surface area contributed by atoms with Crippen molar-refractivity contribution >= 4 is 0 Å². The van der Waals surface area contributed by atoms with Crippen molar-refractivity contribution in [1.82, 2.24) is 14.8 Å². The van der Waals surface area contributed by atoms with Gasteiger partial charge in [-0.25, -0.2) is 4.98 Å². The van der Waals surface area contributed by atoms with Crippen LogP contribution in [0.4, 0.5) is 0 Å². The van der Waals surface area contributed by atoms with E-state index in [9.17, 15) is 0 Å². The Bertz CT molecular complexity index is 383. The first-order valence-corrected chi connectivity index (χ1v) is 6.56. The Hall–Kier alpha value is -0.900. The van der Waals surface area contributed by atoms with Gasteiger partial charge in [0.15, 0.2) is 5.82 Å². The molecule has 0 saturated heterocycles. The third kappa shape index (κ3) is 2.51. The van der Waals surface area contributed by atoms with Crippen molar-refractivity contribution in [1.29, 1.82) is 0 Å². The molecular weight excluding hydrogens is 212 g/mol. The van der Waals surface area contributed by atoms with Crippen LogP contribution in [0.15, 0.2) is 0 Å². The lowest BCUT2D eigenvalue weighted by atomic mass is 9.87. The van der Waals surface area contributed by atoms with Crippen molar-refractivity contribution in [3.8, 4) is 0 Å². The first kappa shape index (κ1) is 12.6. The Morgan fingerprint density at radius 1 is 1.29 bits per heavy atom. The highest BCUT2D eigenvalue weighted by Gasteiger charge is 2.29. The molecule has 1 aromatic heterocycles. The van der Waals surface area contributed by atoms with Gasteiger partial charge in [-0.1, -0.05) is 33.6 Å². The first-order chi connectivity index (χ1) is 7.89. The van der Waals surface area contributed by atoms with Gasteiger partial charge in [0, 0.05) is 13.0 Å². The maximum absolute atomic E-state index is 6.26. The second kappa shape index (κ2) is 4.41. The summed E-state index contributed by atoms with van der Waals surface area (Å²) in [6, 6.07) is -0.0600. The molecule has 0 radical (unpaired) electrons. The predicted octanol–water partition coefficient (Wildman–Crippen LogP) is 2.52. The number of nitrogens with zero attached hydrogens (tertiary/aromatic N) is 3. The lowest BCUT2D eigenvalue weighted by molar-refractivity contribution is 0.308. The van der Waals surface area contributed by atoms with E-state index in [4.69, 9.17) is 5.73 Å². The van der Waals surface area contributed by atoms with E-state index in [1.54, 1.807) is 0 Å². The summed E-state index contributed by atoms with van der Waals surface area (Å²) in [7, 11) is 1.95. The molecule has 96 valence electrons. The normalized spacial score (nSPS) is 19.8. The minimum atomic E-state index is -0.0600. The van der Waals surface area contributed by atoms with E-state index in [0.717, 1.165) is 11.6 Å². The van der Waals surface area contributed by atoms with E-state index in [-0.39, 0.29) is 11.5 Å². The molecule has 1 aliphatic rings. The zero-order valence-corrected chi connectivity index (χ0v) is 11.4. The van der Waals surface area contributed by atoms with Crippen molar-refractivity contribution in [2.24, 2.45) is 18.2 Å². The molecule has 1 unspecified atom stereocenters. The first-order valence-electron chi connectivity index (χ1n) is 6.56. The minimum Gasteiger partial charge on any atom is -0.321 e. The van der Waals surface area contributed by atoms with E-state index < -0.39 is 0 Å². The van der Waals surface area contributed by atoms with Gasteiger partial charge in [-0.05, 0) is 18.3 Å². The van der Waals surface area contributed by atoms with Crippen LogP contribution in [-0.2, 0) is 7.05 Å². The fourth-order valence-electron chi connectivity index (χ4n) is 2.43. The zero-order chi connectivity index (χ0) is 12.6. The molecule has 1 heterocycles. The second-order valence-electron chi connectivity index (χ2n) is 6.28. The van der Waals surface area contributed by atoms with Crippen LogP contribution in [0.1, 0.15) is 70.1 Å². The molecule has 1 saturated carbocycles. The molecule has 2 N–H and O–H groups in total. The monoisotopic (exact) mass is 236 g/mol. The summed E-state index contributed by atoms with van der Waals surface area (Å²) in [6.07, 6.45) is 5.08. The smallest absolute Gasteiger partial charge is 0.154 e. The van der Waals surface area contributed by atoms with Gasteiger partial charge in [-0.3, -0.25) is 4.68 Å². The van der Waals surface area contributed by atoms with Crippen LogP contribution >= 0.6 is 0 Å². The molecule has 2 rings (SSSR count). The van der Waals surface area contributed by atoms with Crippen LogP contribution in [0.5, 0.6) is 0 Å².